The van der Waals surface area contributed by atoms with Crippen LogP contribution in [0.4, 0.5) is 18.9 Å². The first-order chi connectivity index (χ1) is 17.6. The molecule has 37 heavy (non-hydrogen) atoms. The van der Waals surface area contributed by atoms with E-state index in [4.69, 9.17) is 4.74 Å². The van der Waals surface area contributed by atoms with Gasteiger partial charge in [0.2, 0.25) is 5.91 Å². The minimum atomic E-state index is -4.84. The number of amides is 1. The summed E-state index contributed by atoms with van der Waals surface area (Å²) in [6.45, 7) is 1.95. The smallest absolute Gasteiger partial charge is 0.462 e. The van der Waals surface area contributed by atoms with E-state index in [1.807, 2.05) is 0 Å². The lowest BCUT2D eigenvalue weighted by molar-refractivity contribution is -0.274. The normalized spacial score (nSPS) is 12.6. The molecule has 0 fully saturated rings. The summed E-state index contributed by atoms with van der Waals surface area (Å²) in [5.41, 5.74) is 1.38. The molecule has 0 bridgehead atoms. The first-order valence-electron chi connectivity index (χ1n) is 11.0. The molecule has 2 aromatic carbocycles. The number of alkyl halides is 3. The molecule has 0 aliphatic carbocycles. The topological polar surface area (TPSA) is 99.5 Å². The Hall–Kier alpha value is -3.45. The number of carbonyl (C=O) groups excluding carboxylic acids is 2. The van der Waals surface area contributed by atoms with E-state index in [2.05, 4.69) is 15.0 Å². The third-order valence-electron chi connectivity index (χ3n) is 5.01. The van der Waals surface area contributed by atoms with E-state index in [-0.39, 0.29) is 29.0 Å². The molecule has 1 aliphatic heterocycles. The zero-order chi connectivity index (χ0) is 26.6. The number of fused-ring (bicyclic) bond motifs is 1. The molecule has 13 heteroatoms. The fraction of sp³-hybridized carbons (Fsp3) is 0.250. The van der Waals surface area contributed by atoms with Gasteiger partial charge in [-0.2, -0.15) is 0 Å². The highest BCUT2D eigenvalue weighted by atomic mass is 32.2. The number of nitrogens with one attached hydrogen (secondary N) is 1. The second kappa shape index (κ2) is 11.3. The van der Waals surface area contributed by atoms with E-state index in [1.165, 1.54) is 40.6 Å². The van der Waals surface area contributed by atoms with Crippen molar-refractivity contribution in [2.24, 2.45) is 0 Å². The number of halogens is 3. The number of aryl methyl sites for hydroxylation is 1. The molecule has 0 atom stereocenters. The van der Waals surface area contributed by atoms with Crippen LogP contribution < -0.4 is 15.6 Å². The Morgan fingerprint density at radius 3 is 2.49 bits per heavy atom. The number of hydrogen-bond acceptors (Lipinski definition) is 8. The average molecular weight is 552 g/mol. The summed E-state index contributed by atoms with van der Waals surface area (Å²) >= 11 is 2.39. The van der Waals surface area contributed by atoms with Crippen molar-refractivity contribution < 1.29 is 32.2 Å². The van der Waals surface area contributed by atoms with Gasteiger partial charge in [-0.1, -0.05) is 11.8 Å². The highest BCUT2D eigenvalue weighted by molar-refractivity contribution is 8.00. The zero-order valence-electron chi connectivity index (χ0n) is 19.3. The van der Waals surface area contributed by atoms with Crippen LogP contribution in [0.15, 0.2) is 63.4 Å². The maximum absolute atomic E-state index is 13.2. The van der Waals surface area contributed by atoms with Crippen molar-refractivity contribution >= 4 is 41.1 Å². The molecule has 0 saturated carbocycles. The van der Waals surface area contributed by atoms with Gasteiger partial charge >= 0.3 is 12.3 Å². The molecule has 1 amide bonds. The summed E-state index contributed by atoms with van der Waals surface area (Å²) < 4.78 is 47.6. The van der Waals surface area contributed by atoms with Crippen molar-refractivity contribution in [1.82, 2.24) is 9.55 Å². The van der Waals surface area contributed by atoms with Crippen molar-refractivity contribution in [2.75, 3.05) is 23.4 Å². The van der Waals surface area contributed by atoms with Crippen LogP contribution in [0, 0.1) is 0 Å². The second-order valence-electron chi connectivity index (χ2n) is 7.59. The number of benzene rings is 2. The van der Waals surface area contributed by atoms with Gasteiger partial charge in [0.05, 0.1) is 34.2 Å². The van der Waals surface area contributed by atoms with Gasteiger partial charge in [0.15, 0.2) is 5.16 Å². The maximum atomic E-state index is 13.2. The van der Waals surface area contributed by atoms with E-state index in [9.17, 15) is 27.6 Å². The van der Waals surface area contributed by atoms with Crippen LogP contribution in [0.3, 0.4) is 0 Å². The molecule has 0 radical (unpaired) electrons. The number of aromatic nitrogens is 2. The number of carbonyl (C=O) groups is 2. The maximum Gasteiger partial charge on any atom is 0.573 e. The van der Waals surface area contributed by atoms with Crippen LogP contribution in [-0.2, 0) is 16.0 Å². The van der Waals surface area contributed by atoms with Crippen LogP contribution in [0.25, 0.3) is 5.69 Å². The SMILES string of the molecule is CCOC(=O)c1ccc(NC(=O)CSc2nc3c(c(=O)n2-c2ccc(OC(F)(F)F)cc2)SCC3)cc1. The summed E-state index contributed by atoms with van der Waals surface area (Å²) in [7, 11) is 0. The van der Waals surface area contributed by atoms with E-state index >= 15 is 0 Å². The lowest BCUT2D eigenvalue weighted by Crippen LogP contribution is -2.24. The second-order valence-corrected chi connectivity index (χ2v) is 9.63. The average Bonchev–Trinajstić information content (AvgIpc) is 3.32. The molecule has 8 nitrogen and oxygen atoms in total. The van der Waals surface area contributed by atoms with Gasteiger partial charge < -0.3 is 14.8 Å². The number of hydrogen-bond donors (Lipinski definition) is 1. The number of nitrogens with zero attached hydrogens (tertiary/aromatic N) is 2. The van der Waals surface area contributed by atoms with Gasteiger partial charge in [-0.15, -0.1) is 24.9 Å². The third kappa shape index (κ3) is 6.66. The Kier molecular flexibility index (Phi) is 8.13. The van der Waals surface area contributed by atoms with Crippen molar-refractivity contribution in [1.29, 1.82) is 0 Å². The number of anilines is 1. The summed E-state index contributed by atoms with van der Waals surface area (Å²) in [6, 6.07) is 11.1. The predicted octanol–water partition coefficient (Wildman–Crippen LogP) is 4.69. The Labute approximate surface area is 217 Å². The lowest BCUT2D eigenvalue weighted by Gasteiger charge is -2.15. The molecule has 4 rings (SSSR count). The summed E-state index contributed by atoms with van der Waals surface area (Å²) in [5, 5.41) is 2.95. The highest BCUT2D eigenvalue weighted by Crippen LogP contribution is 2.31. The van der Waals surface area contributed by atoms with Gasteiger partial charge in [0.1, 0.15) is 5.75 Å². The quantitative estimate of drug-likeness (QED) is 0.245. The molecule has 1 aromatic heterocycles. The molecular formula is C24H20F3N3O5S2. The van der Waals surface area contributed by atoms with Crippen LogP contribution in [-0.4, -0.2) is 45.9 Å². The molecule has 0 spiro atoms. The Morgan fingerprint density at radius 1 is 1.14 bits per heavy atom. The summed E-state index contributed by atoms with van der Waals surface area (Å²) in [4.78, 5) is 42.6. The monoisotopic (exact) mass is 551 g/mol. The van der Waals surface area contributed by atoms with E-state index in [1.54, 1.807) is 19.1 Å². The van der Waals surface area contributed by atoms with Gasteiger partial charge in [0, 0.05) is 17.9 Å². The van der Waals surface area contributed by atoms with Crippen LogP contribution in [0.1, 0.15) is 23.0 Å². The first-order valence-corrected chi connectivity index (χ1v) is 13.0. The highest BCUT2D eigenvalue weighted by Gasteiger charge is 2.31. The van der Waals surface area contributed by atoms with Gasteiger partial charge in [0.25, 0.3) is 5.56 Å². The molecule has 3 aromatic rings. The van der Waals surface area contributed by atoms with Crippen molar-refractivity contribution in [3.63, 3.8) is 0 Å². The summed E-state index contributed by atoms with van der Waals surface area (Å²) in [5.74, 6) is -0.666. The Morgan fingerprint density at radius 2 is 1.84 bits per heavy atom. The number of esters is 1. The Bertz CT molecular complexity index is 1360. The van der Waals surface area contributed by atoms with Crippen LogP contribution in [0.2, 0.25) is 0 Å². The minimum absolute atomic E-state index is 0.0900. The number of rotatable bonds is 8. The predicted molar refractivity (Wildman–Crippen MR) is 133 cm³/mol. The number of thioether (sulfide) groups is 2. The fourth-order valence-electron chi connectivity index (χ4n) is 3.44. The van der Waals surface area contributed by atoms with Crippen molar-refractivity contribution in [2.45, 2.75) is 29.8 Å². The van der Waals surface area contributed by atoms with E-state index < -0.39 is 18.1 Å². The molecule has 2 heterocycles. The van der Waals surface area contributed by atoms with E-state index in [0.29, 0.717) is 39.7 Å². The van der Waals surface area contributed by atoms with E-state index in [0.717, 1.165) is 23.9 Å². The largest absolute Gasteiger partial charge is 0.573 e. The van der Waals surface area contributed by atoms with Gasteiger partial charge in [-0.25, -0.2) is 9.78 Å². The molecule has 0 saturated heterocycles. The fourth-order valence-corrected chi connectivity index (χ4v) is 5.30. The Balaban J connectivity index is 1.51. The minimum Gasteiger partial charge on any atom is -0.462 e. The van der Waals surface area contributed by atoms with Gasteiger partial charge in [-0.3, -0.25) is 14.2 Å². The van der Waals surface area contributed by atoms with Crippen LogP contribution >= 0.6 is 23.5 Å². The standard InChI is InChI=1S/C24H20F3N3O5S2/c1-2-34-22(33)14-3-5-15(6-4-14)28-19(31)13-37-23-29-18-11-12-36-20(18)21(32)30(23)16-7-9-17(10-8-16)35-24(25,26)27/h3-10H,2,11-13H2,1H3,(H,28,31). The van der Waals surface area contributed by atoms with Crippen molar-refractivity contribution in [3.8, 4) is 11.4 Å². The molecule has 194 valence electrons. The molecular weight excluding hydrogens is 531 g/mol. The summed E-state index contributed by atoms with van der Waals surface area (Å²) in [6.07, 6.45) is -4.24. The van der Waals surface area contributed by atoms with Crippen LogP contribution in [0.5, 0.6) is 5.75 Å². The first kappa shape index (κ1) is 26.6. The zero-order valence-corrected chi connectivity index (χ0v) is 21.0. The molecule has 1 aliphatic rings. The molecule has 1 N–H and O–H groups in total. The molecule has 0 unspecified atom stereocenters. The van der Waals surface area contributed by atoms with Crippen molar-refractivity contribution in [3.05, 3.63) is 70.1 Å². The number of ether oxygens (including phenoxy) is 2. The lowest BCUT2D eigenvalue weighted by atomic mass is 10.2. The van der Waals surface area contributed by atoms with Gasteiger partial charge in [-0.05, 0) is 55.5 Å². The third-order valence-corrected chi connectivity index (χ3v) is 7.05.